The molecule has 0 aromatic carbocycles. The summed E-state index contributed by atoms with van der Waals surface area (Å²) < 4.78 is 4.97. The highest BCUT2D eigenvalue weighted by molar-refractivity contribution is 5.80. The minimum atomic E-state index is -0.361. The Hall–Kier alpha value is -0.610. The molecule has 3 unspecified atom stereocenters. The zero-order chi connectivity index (χ0) is 12.0. The molecule has 1 rings (SSSR count). The maximum atomic E-state index is 11.5. The highest BCUT2D eigenvalue weighted by Gasteiger charge is 2.24. The molecule has 0 aromatic rings. The quantitative estimate of drug-likeness (QED) is 0.735. The predicted molar refractivity (Wildman–Crippen MR) is 64.0 cm³/mol. The van der Waals surface area contributed by atoms with Gasteiger partial charge in [0.1, 0.15) is 6.10 Å². The van der Waals surface area contributed by atoms with Crippen molar-refractivity contribution in [1.29, 1.82) is 0 Å². The maximum Gasteiger partial charge on any atom is 0.248 e. The number of nitrogens with two attached hydrogens (primary N) is 1. The van der Waals surface area contributed by atoms with Crippen molar-refractivity contribution in [1.82, 2.24) is 5.32 Å². The molecule has 0 aromatic heterocycles. The number of methoxy groups -OCH3 is 1. The summed E-state index contributed by atoms with van der Waals surface area (Å²) in [5, 5.41) is 2.95. The van der Waals surface area contributed by atoms with E-state index in [0.29, 0.717) is 11.8 Å². The second-order valence-electron chi connectivity index (χ2n) is 4.66. The van der Waals surface area contributed by atoms with Crippen molar-refractivity contribution in [3.63, 3.8) is 0 Å². The summed E-state index contributed by atoms with van der Waals surface area (Å²) in [5.74, 6) is 1.10. The molecular weight excluding hydrogens is 204 g/mol. The van der Waals surface area contributed by atoms with Crippen molar-refractivity contribution in [2.75, 3.05) is 20.2 Å². The summed E-state index contributed by atoms with van der Waals surface area (Å²) in [6.07, 6.45) is 4.57. The average Bonchev–Trinajstić information content (AvgIpc) is 2.35. The average molecular weight is 228 g/mol. The van der Waals surface area contributed by atoms with Gasteiger partial charge in [0, 0.05) is 13.7 Å². The van der Waals surface area contributed by atoms with Crippen LogP contribution in [0.25, 0.3) is 0 Å². The Labute approximate surface area is 97.9 Å². The molecule has 0 aliphatic heterocycles. The number of nitrogens with one attached hydrogen (secondary N) is 1. The summed E-state index contributed by atoms with van der Waals surface area (Å²) >= 11 is 0. The summed E-state index contributed by atoms with van der Waals surface area (Å²) in [6.45, 7) is 3.24. The van der Waals surface area contributed by atoms with Gasteiger partial charge in [-0.3, -0.25) is 4.79 Å². The van der Waals surface area contributed by atoms with Crippen LogP contribution in [0.5, 0.6) is 0 Å². The van der Waals surface area contributed by atoms with Crippen LogP contribution in [0.3, 0.4) is 0 Å². The predicted octanol–water partition coefficient (Wildman–Crippen LogP) is 0.903. The van der Waals surface area contributed by atoms with Crippen molar-refractivity contribution in [3.8, 4) is 0 Å². The van der Waals surface area contributed by atoms with Gasteiger partial charge in [-0.15, -0.1) is 0 Å². The SMILES string of the molecule is COC(C)C(=O)NCC1CCCCC1CN. The van der Waals surface area contributed by atoms with Crippen molar-refractivity contribution in [2.24, 2.45) is 17.6 Å². The van der Waals surface area contributed by atoms with E-state index in [1.807, 2.05) is 0 Å². The van der Waals surface area contributed by atoms with Crippen molar-refractivity contribution < 1.29 is 9.53 Å². The van der Waals surface area contributed by atoms with Crippen molar-refractivity contribution in [3.05, 3.63) is 0 Å². The van der Waals surface area contributed by atoms with Gasteiger partial charge in [0.25, 0.3) is 0 Å². The number of hydrogen-bond acceptors (Lipinski definition) is 3. The van der Waals surface area contributed by atoms with Crippen molar-refractivity contribution >= 4 is 5.91 Å². The molecular formula is C12H24N2O2. The Kier molecular flexibility index (Phi) is 5.77. The molecule has 0 radical (unpaired) electrons. The fraction of sp³-hybridized carbons (Fsp3) is 0.917. The molecule has 1 aliphatic rings. The van der Waals surface area contributed by atoms with Gasteiger partial charge < -0.3 is 15.8 Å². The standard InChI is InChI=1S/C12H24N2O2/c1-9(16-2)12(15)14-8-11-6-4-3-5-10(11)7-13/h9-11H,3-8,13H2,1-2H3,(H,14,15). The van der Waals surface area contributed by atoms with Crippen LogP contribution in [0.15, 0.2) is 0 Å². The van der Waals surface area contributed by atoms with Gasteiger partial charge in [0.05, 0.1) is 0 Å². The van der Waals surface area contributed by atoms with Crippen LogP contribution in [-0.2, 0) is 9.53 Å². The Morgan fingerprint density at radius 3 is 2.62 bits per heavy atom. The fourth-order valence-corrected chi connectivity index (χ4v) is 2.35. The largest absolute Gasteiger partial charge is 0.372 e. The smallest absolute Gasteiger partial charge is 0.248 e. The molecule has 4 nitrogen and oxygen atoms in total. The zero-order valence-corrected chi connectivity index (χ0v) is 10.4. The van der Waals surface area contributed by atoms with Gasteiger partial charge in [-0.1, -0.05) is 12.8 Å². The van der Waals surface area contributed by atoms with Crippen LogP contribution < -0.4 is 11.1 Å². The Morgan fingerprint density at radius 1 is 1.44 bits per heavy atom. The van der Waals surface area contributed by atoms with E-state index in [4.69, 9.17) is 10.5 Å². The first-order valence-electron chi connectivity index (χ1n) is 6.19. The molecule has 1 fully saturated rings. The lowest BCUT2D eigenvalue weighted by atomic mass is 9.79. The highest BCUT2D eigenvalue weighted by Crippen LogP contribution is 2.28. The van der Waals surface area contributed by atoms with E-state index in [9.17, 15) is 4.79 Å². The lowest BCUT2D eigenvalue weighted by Gasteiger charge is -2.30. The van der Waals surface area contributed by atoms with E-state index in [-0.39, 0.29) is 12.0 Å². The minimum Gasteiger partial charge on any atom is -0.372 e. The second-order valence-corrected chi connectivity index (χ2v) is 4.66. The molecule has 1 saturated carbocycles. The Bertz CT molecular complexity index is 221. The molecule has 0 bridgehead atoms. The molecule has 0 spiro atoms. The number of carbonyl (C=O) groups excluding carboxylic acids is 1. The summed E-state index contributed by atoms with van der Waals surface area (Å²) in [5.41, 5.74) is 5.75. The Balaban J connectivity index is 2.32. The zero-order valence-electron chi connectivity index (χ0n) is 10.4. The van der Waals surface area contributed by atoms with E-state index < -0.39 is 0 Å². The second kappa shape index (κ2) is 6.86. The van der Waals surface area contributed by atoms with E-state index in [1.165, 1.54) is 25.7 Å². The summed E-state index contributed by atoms with van der Waals surface area (Å²) in [6, 6.07) is 0. The molecule has 0 heterocycles. The van der Waals surface area contributed by atoms with Gasteiger partial charge in [0.2, 0.25) is 5.91 Å². The van der Waals surface area contributed by atoms with Gasteiger partial charge >= 0.3 is 0 Å². The van der Waals surface area contributed by atoms with E-state index in [1.54, 1.807) is 14.0 Å². The summed E-state index contributed by atoms with van der Waals surface area (Å²) in [7, 11) is 1.55. The topological polar surface area (TPSA) is 64.3 Å². The third kappa shape index (κ3) is 3.76. The normalized spacial score (nSPS) is 27.4. The molecule has 4 heteroatoms. The molecule has 0 saturated heterocycles. The molecule has 3 atom stereocenters. The number of ether oxygens (including phenoxy) is 1. The third-order valence-electron chi connectivity index (χ3n) is 3.63. The molecule has 3 N–H and O–H groups in total. The minimum absolute atomic E-state index is 0.0242. The van der Waals surface area contributed by atoms with E-state index in [2.05, 4.69) is 5.32 Å². The van der Waals surface area contributed by atoms with E-state index >= 15 is 0 Å². The van der Waals surface area contributed by atoms with Crippen LogP contribution in [0.4, 0.5) is 0 Å². The van der Waals surface area contributed by atoms with Crippen LogP contribution in [0.2, 0.25) is 0 Å². The first-order chi connectivity index (χ1) is 7.69. The number of rotatable bonds is 5. The van der Waals surface area contributed by atoms with Gasteiger partial charge in [-0.25, -0.2) is 0 Å². The van der Waals surface area contributed by atoms with Crippen LogP contribution in [0, 0.1) is 11.8 Å². The van der Waals surface area contributed by atoms with Crippen LogP contribution in [-0.4, -0.2) is 32.2 Å². The monoisotopic (exact) mass is 228 g/mol. The first-order valence-corrected chi connectivity index (χ1v) is 6.19. The third-order valence-corrected chi connectivity index (χ3v) is 3.63. The van der Waals surface area contributed by atoms with Gasteiger partial charge in [-0.2, -0.15) is 0 Å². The first kappa shape index (κ1) is 13.5. The Morgan fingerprint density at radius 2 is 2.06 bits per heavy atom. The molecule has 1 aliphatic carbocycles. The highest BCUT2D eigenvalue weighted by atomic mass is 16.5. The molecule has 94 valence electrons. The fourth-order valence-electron chi connectivity index (χ4n) is 2.35. The van der Waals surface area contributed by atoms with Crippen LogP contribution >= 0.6 is 0 Å². The lowest BCUT2D eigenvalue weighted by Crippen LogP contribution is -2.40. The van der Waals surface area contributed by atoms with E-state index in [0.717, 1.165) is 13.1 Å². The van der Waals surface area contributed by atoms with Crippen molar-refractivity contribution in [2.45, 2.75) is 38.7 Å². The lowest BCUT2D eigenvalue weighted by molar-refractivity contribution is -0.130. The van der Waals surface area contributed by atoms with Gasteiger partial charge in [0.15, 0.2) is 0 Å². The number of carbonyl (C=O) groups is 1. The molecule has 16 heavy (non-hydrogen) atoms. The van der Waals surface area contributed by atoms with Crippen LogP contribution in [0.1, 0.15) is 32.6 Å². The number of hydrogen-bond donors (Lipinski definition) is 2. The maximum absolute atomic E-state index is 11.5. The summed E-state index contributed by atoms with van der Waals surface area (Å²) in [4.78, 5) is 11.5. The van der Waals surface area contributed by atoms with Gasteiger partial charge in [-0.05, 0) is 38.1 Å². The number of amides is 1. The molecule has 1 amide bonds.